The molecule has 2 aromatic heterocycles. The minimum Gasteiger partial charge on any atom is -0.494 e. The van der Waals surface area contributed by atoms with E-state index in [9.17, 15) is 0 Å². The van der Waals surface area contributed by atoms with Crippen LogP contribution in [0.3, 0.4) is 0 Å². The van der Waals surface area contributed by atoms with Crippen LogP contribution in [-0.2, 0) is 0 Å². The molecule has 2 aromatic carbocycles. The molecule has 0 aliphatic rings. The second-order valence-corrected chi connectivity index (χ2v) is 6.12. The molecule has 4 aromatic rings. The van der Waals surface area contributed by atoms with Crippen LogP contribution in [0.2, 0.25) is 0 Å². The van der Waals surface area contributed by atoms with Gasteiger partial charge in [0.1, 0.15) is 5.75 Å². The highest BCUT2D eigenvalue weighted by Crippen LogP contribution is 2.32. The molecule has 0 atom stereocenters. The molecule has 6 heteroatoms. The van der Waals surface area contributed by atoms with Gasteiger partial charge >= 0.3 is 0 Å². The molecule has 0 saturated carbocycles. The molecular weight excluding hydrogens is 342 g/mol. The Kier molecular flexibility index (Phi) is 4.46. The molecule has 0 spiro atoms. The number of benzene rings is 2. The van der Waals surface area contributed by atoms with Gasteiger partial charge in [0.2, 0.25) is 11.7 Å². The average Bonchev–Trinajstić information content (AvgIpc) is 3.18. The first-order chi connectivity index (χ1) is 13.2. The molecule has 27 heavy (non-hydrogen) atoms. The van der Waals surface area contributed by atoms with Crippen molar-refractivity contribution in [3.05, 3.63) is 54.1 Å². The van der Waals surface area contributed by atoms with Crippen molar-refractivity contribution >= 4 is 10.9 Å². The molecule has 0 aliphatic carbocycles. The zero-order valence-electron chi connectivity index (χ0n) is 15.4. The van der Waals surface area contributed by atoms with Gasteiger partial charge in [-0.1, -0.05) is 16.8 Å². The summed E-state index contributed by atoms with van der Waals surface area (Å²) in [5.41, 5.74) is 3.53. The van der Waals surface area contributed by atoms with Gasteiger partial charge in [0.25, 0.3) is 5.89 Å². The fourth-order valence-electron chi connectivity index (χ4n) is 2.90. The Labute approximate surface area is 156 Å². The molecule has 4 rings (SSSR count). The smallest absolute Gasteiger partial charge is 0.258 e. The number of rotatable bonds is 5. The normalized spacial score (nSPS) is 10.9. The molecule has 0 unspecified atom stereocenters. The van der Waals surface area contributed by atoms with Crippen LogP contribution in [0.1, 0.15) is 12.5 Å². The molecule has 0 saturated heterocycles. The van der Waals surface area contributed by atoms with E-state index in [4.69, 9.17) is 14.0 Å². The van der Waals surface area contributed by atoms with E-state index in [1.165, 1.54) is 0 Å². The minimum absolute atomic E-state index is 0.430. The fourth-order valence-corrected chi connectivity index (χ4v) is 2.90. The lowest BCUT2D eigenvalue weighted by molar-refractivity contribution is 0.340. The van der Waals surface area contributed by atoms with Crippen LogP contribution in [0.25, 0.3) is 33.7 Å². The maximum atomic E-state index is 5.46. The van der Waals surface area contributed by atoms with Gasteiger partial charge in [-0.25, -0.2) is 4.98 Å². The molecule has 0 N–H and O–H groups in total. The van der Waals surface area contributed by atoms with Crippen LogP contribution in [0, 0.1) is 6.92 Å². The molecule has 2 heterocycles. The van der Waals surface area contributed by atoms with Gasteiger partial charge < -0.3 is 14.0 Å². The Balaban J connectivity index is 1.73. The quantitative estimate of drug-likeness (QED) is 0.514. The van der Waals surface area contributed by atoms with E-state index in [-0.39, 0.29) is 0 Å². The third-order valence-electron chi connectivity index (χ3n) is 4.21. The first kappa shape index (κ1) is 17.0. The molecular formula is C21H19N3O3. The molecule has 0 bridgehead atoms. The second-order valence-electron chi connectivity index (χ2n) is 6.12. The standard InChI is InChI=1S/C21H19N3O3/c1-4-26-16-8-6-14(7-9-16)20-23-19(24-27-20)17-12-15-11-13(2)5-10-18(15)22-21(17)25-3/h5-12H,4H2,1-3H3. The topological polar surface area (TPSA) is 70.3 Å². The summed E-state index contributed by atoms with van der Waals surface area (Å²) in [7, 11) is 1.58. The second kappa shape index (κ2) is 7.07. The number of ether oxygens (including phenoxy) is 2. The van der Waals surface area contributed by atoms with Crippen LogP contribution in [0.15, 0.2) is 53.1 Å². The van der Waals surface area contributed by atoms with E-state index in [0.29, 0.717) is 29.8 Å². The van der Waals surface area contributed by atoms with Gasteiger partial charge in [0.05, 0.1) is 24.8 Å². The summed E-state index contributed by atoms with van der Waals surface area (Å²) in [6, 6.07) is 15.6. The highest BCUT2D eigenvalue weighted by Gasteiger charge is 2.17. The molecule has 0 radical (unpaired) electrons. The van der Waals surface area contributed by atoms with Crippen LogP contribution >= 0.6 is 0 Å². The minimum atomic E-state index is 0.430. The summed E-state index contributed by atoms with van der Waals surface area (Å²) < 4.78 is 16.4. The van der Waals surface area contributed by atoms with Gasteiger partial charge in [-0.15, -0.1) is 0 Å². The Morgan fingerprint density at radius 1 is 1.00 bits per heavy atom. The lowest BCUT2D eigenvalue weighted by atomic mass is 10.1. The summed E-state index contributed by atoms with van der Waals surface area (Å²) in [6.45, 7) is 4.62. The lowest BCUT2D eigenvalue weighted by Crippen LogP contribution is -1.94. The highest BCUT2D eigenvalue weighted by atomic mass is 16.5. The third-order valence-corrected chi connectivity index (χ3v) is 4.21. The van der Waals surface area contributed by atoms with Crippen molar-refractivity contribution in [1.29, 1.82) is 0 Å². The van der Waals surface area contributed by atoms with Crippen LogP contribution in [0.5, 0.6) is 11.6 Å². The molecule has 136 valence electrons. The van der Waals surface area contributed by atoms with Gasteiger partial charge in [0, 0.05) is 10.9 Å². The van der Waals surface area contributed by atoms with E-state index in [1.807, 2.05) is 56.3 Å². The van der Waals surface area contributed by atoms with Gasteiger partial charge in [0.15, 0.2) is 0 Å². The number of pyridine rings is 1. The largest absolute Gasteiger partial charge is 0.494 e. The summed E-state index contributed by atoms with van der Waals surface area (Å²) in [5, 5.41) is 5.12. The van der Waals surface area contributed by atoms with Crippen LogP contribution in [-0.4, -0.2) is 28.8 Å². The predicted octanol–water partition coefficient (Wildman–Crippen LogP) is 4.67. The predicted molar refractivity (Wildman–Crippen MR) is 103 cm³/mol. The Morgan fingerprint density at radius 3 is 2.56 bits per heavy atom. The van der Waals surface area contributed by atoms with E-state index >= 15 is 0 Å². The number of hydrogen-bond donors (Lipinski definition) is 0. The maximum absolute atomic E-state index is 5.46. The SMILES string of the molecule is CCOc1ccc(-c2nc(-c3cc4cc(C)ccc4nc3OC)no2)cc1. The fraction of sp³-hybridized carbons (Fsp3) is 0.190. The molecule has 0 fully saturated rings. The molecule has 0 aliphatic heterocycles. The van der Waals surface area contributed by atoms with Crippen LogP contribution in [0.4, 0.5) is 0 Å². The number of aromatic nitrogens is 3. The zero-order valence-corrected chi connectivity index (χ0v) is 15.4. The third kappa shape index (κ3) is 3.33. The van der Waals surface area contributed by atoms with Crippen molar-refractivity contribution in [3.8, 4) is 34.5 Å². The summed E-state index contributed by atoms with van der Waals surface area (Å²) in [4.78, 5) is 9.09. The summed E-state index contributed by atoms with van der Waals surface area (Å²) in [5.74, 6) is 2.13. The first-order valence-electron chi connectivity index (χ1n) is 8.70. The molecule has 6 nitrogen and oxygen atoms in total. The van der Waals surface area contributed by atoms with Crippen molar-refractivity contribution in [2.24, 2.45) is 0 Å². The highest BCUT2D eigenvalue weighted by molar-refractivity contribution is 5.85. The number of nitrogens with zero attached hydrogens (tertiary/aromatic N) is 3. The number of aryl methyl sites for hydroxylation is 1. The van der Waals surface area contributed by atoms with Crippen molar-refractivity contribution in [2.45, 2.75) is 13.8 Å². The van der Waals surface area contributed by atoms with Crippen LogP contribution < -0.4 is 9.47 Å². The number of methoxy groups -OCH3 is 1. The Bertz CT molecular complexity index is 1090. The maximum Gasteiger partial charge on any atom is 0.258 e. The van der Waals surface area contributed by atoms with Crippen molar-refractivity contribution in [2.75, 3.05) is 13.7 Å². The van der Waals surface area contributed by atoms with E-state index in [2.05, 4.69) is 21.2 Å². The van der Waals surface area contributed by atoms with E-state index in [0.717, 1.165) is 27.8 Å². The first-order valence-corrected chi connectivity index (χ1v) is 8.70. The van der Waals surface area contributed by atoms with E-state index in [1.54, 1.807) is 7.11 Å². The van der Waals surface area contributed by atoms with Crippen molar-refractivity contribution < 1.29 is 14.0 Å². The van der Waals surface area contributed by atoms with Crippen molar-refractivity contribution in [3.63, 3.8) is 0 Å². The van der Waals surface area contributed by atoms with Gasteiger partial charge in [-0.3, -0.25) is 0 Å². The number of fused-ring (bicyclic) bond motifs is 1. The van der Waals surface area contributed by atoms with Gasteiger partial charge in [-0.2, -0.15) is 4.98 Å². The number of hydrogen-bond acceptors (Lipinski definition) is 6. The monoisotopic (exact) mass is 361 g/mol. The Morgan fingerprint density at radius 2 is 1.81 bits per heavy atom. The summed E-state index contributed by atoms with van der Waals surface area (Å²) in [6.07, 6.45) is 0. The molecule has 0 amide bonds. The summed E-state index contributed by atoms with van der Waals surface area (Å²) >= 11 is 0. The zero-order chi connectivity index (χ0) is 18.8. The lowest BCUT2D eigenvalue weighted by Gasteiger charge is -2.07. The van der Waals surface area contributed by atoms with Crippen molar-refractivity contribution in [1.82, 2.24) is 15.1 Å². The average molecular weight is 361 g/mol. The van der Waals surface area contributed by atoms with Gasteiger partial charge in [-0.05, 0) is 56.3 Å². The van der Waals surface area contributed by atoms with E-state index < -0.39 is 0 Å². The Hall–Kier alpha value is -3.41.